The van der Waals surface area contributed by atoms with Crippen molar-refractivity contribution in [3.05, 3.63) is 45.7 Å². The Hall–Kier alpha value is -2.27. The molecule has 0 spiro atoms. The Morgan fingerprint density at radius 1 is 1.32 bits per heavy atom. The molecule has 6 heteroatoms. The summed E-state index contributed by atoms with van der Waals surface area (Å²) in [6.45, 7) is 5.53. The van der Waals surface area contributed by atoms with Crippen molar-refractivity contribution in [2.75, 3.05) is 6.61 Å². The standard InChI is InChI=1S/C19H20ClNO4/c1-4-24-19(23)17-12(3)21(11(2)14(17)10-22)15-6-5-7-16(18(15)20)25-13-8-9-13/h5-7,10,13H,4,8-9H2,1-3H3. The smallest absolute Gasteiger partial charge is 0.340 e. The van der Waals surface area contributed by atoms with E-state index in [1.807, 2.05) is 18.2 Å². The van der Waals surface area contributed by atoms with Gasteiger partial charge in [0.05, 0.1) is 29.5 Å². The van der Waals surface area contributed by atoms with Gasteiger partial charge < -0.3 is 14.0 Å². The molecule has 2 aromatic rings. The molecule has 1 aliphatic carbocycles. The van der Waals surface area contributed by atoms with Gasteiger partial charge in [-0.3, -0.25) is 4.79 Å². The molecule has 0 bridgehead atoms. The second kappa shape index (κ2) is 6.92. The lowest BCUT2D eigenvalue weighted by Crippen LogP contribution is -2.08. The summed E-state index contributed by atoms with van der Waals surface area (Å²) in [5.74, 6) is 0.102. The largest absolute Gasteiger partial charge is 0.489 e. The van der Waals surface area contributed by atoms with Gasteiger partial charge in [-0.25, -0.2) is 4.79 Å². The summed E-state index contributed by atoms with van der Waals surface area (Å²) in [7, 11) is 0. The van der Waals surface area contributed by atoms with Crippen molar-refractivity contribution in [2.45, 2.75) is 39.7 Å². The van der Waals surface area contributed by atoms with E-state index in [1.165, 1.54) is 0 Å². The third-order valence-electron chi connectivity index (χ3n) is 4.29. The topological polar surface area (TPSA) is 57.5 Å². The van der Waals surface area contributed by atoms with Crippen LogP contribution in [-0.2, 0) is 4.74 Å². The van der Waals surface area contributed by atoms with Gasteiger partial charge in [-0.05, 0) is 45.7 Å². The van der Waals surface area contributed by atoms with E-state index in [1.54, 1.807) is 25.3 Å². The molecule has 0 N–H and O–H groups in total. The first kappa shape index (κ1) is 17.5. The van der Waals surface area contributed by atoms with E-state index in [-0.39, 0.29) is 18.3 Å². The van der Waals surface area contributed by atoms with E-state index in [4.69, 9.17) is 21.1 Å². The Bertz CT molecular complexity index is 836. The van der Waals surface area contributed by atoms with Crippen molar-refractivity contribution in [2.24, 2.45) is 0 Å². The molecule has 1 aliphatic rings. The number of hydrogen-bond acceptors (Lipinski definition) is 4. The van der Waals surface area contributed by atoms with E-state index in [9.17, 15) is 9.59 Å². The highest BCUT2D eigenvalue weighted by Gasteiger charge is 2.28. The minimum Gasteiger partial charge on any atom is -0.489 e. The van der Waals surface area contributed by atoms with Crippen molar-refractivity contribution < 1.29 is 19.1 Å². The van der Waals surface area contributed by atoms with Gasteiger partial charge in [0, 0.05) is 11.4 Å². The molecular weight excluding hydrogens is 342 g/mol. The lowest BCUT2D eigenvalue weighted by molar-refractivity contribution is 0.0523. The number of hydrogen-bond donors (Lipinski definition) is 0. The Balaban J connectivity index is 2.14. The van der Waals surface area contributed by atoms with Crippen LogP contribution in [0.5, 0.6) is 5.75 Å². The van der Waals surface area contributed by atoms with Crippen LogP contribution in [0.4, 0.5) is 0 Å². The molecule has 1 fully saturated rings. The molecule has 0 radical (unpaired) electrons. The van der Waals surface area contributed by atoms with Crippen LogP contribution in [0.3, 0.4) is 0 Å². The molecule has 0 atom stereocenters. The summed E-state index contributed by atoms with van der Waals surface area (Å²) in [6, 6.07) is 5.51. The van der Waals surface area contributed by atoms with Crippen molar-refractivity contribution in [3.8, 4) is 11.4 Å². The molecule has 1 saturated carbocycles. The fourth-order valence-corrected chi connectivity index (χ4v) is 3.21. The molecule has 1 aromatic heterocycles. The zero-order chi connectivity index (χ0) is 18.1. The minimum absolute atomic E-state index is 0.222. The highest BCUT2D eigenvalue weighted by atomic mass is 35.5. The monoisotopic (exact) mass is 361 g/mol. The van der Waals surface area contributed by atoms with Crippen LogP contribution in [0, 0.1) is 13.8 Å². The molecular formula is C19H20ClNO4. The number of aldehydes is 1. The first-order valence-corrected chi connectivity index (χ1v) is 8.67. The summed E-state index contributed by atoms with van der Waals surface area (Å²) < 4.78 is 12.7. The van der Waals surface area contributed by atoms with Crippen molar-refractivity contribution >= 4 is 23.9 Å². The van der Waals surface area contributed by atoms with Crippen LogP contribution in [0.25, 0.3) is 5.69 Å². The Labute approximate surface area is 151 Å². The van der Waals surface area contributed by atoms with Gasteiger partial charge in [-0.15, -0.1) is 0 Å². The molecule has 1 heterocycles. The SMILES string of the molecule is CCOC(=O)c1c(C=O)c(C)n(-c2cccc(OC3CC3)c2Cl)c1C. The van der Waals surface area contributed by atoms with Gasteiger partial charge in [0.15, 0.2) is 6.29 Å². The van der Waals surface area contributed by atoms with Crippen LogP contribution in [0.1, 0.15) is 51.9 Å². The second-order valence-electron chi connectivity index (χ2n) is 6.04. The first-order valence-electron chi connectivity index (χ1n) is 8.29. The van der Waals surface area contributed by atoms with E-state index in [2.05, 4.69) is 0 Å². The highest BCUT2D eigenvalue weighted by molar-refractivity contribution is 6.34. The van der Waals surface area contributed by atoms with Gasteiger partial charge in [0.25, 0.3) is 0 Å². The van der Waals surface area contributed by atoms with Crippen molar-refractivity contribution in [1.82, 2.24) is 4.57 Å². The van der Waals surface area contributed by atoms with Gasteiger partial charge >= 0.3 is 5.97 Å². The number of rotatable bonds is 6. The molecule has 0 saturated heterocycles. The predicted octanol–water partition coefficient (Wildman–Crippen LogP) is 4.28. The number of carbonyl (C=O) groups excluding carboxylic acids is 2. The minimum atomic E-state index is -0.509. The van der Waals surface area contributed by atoms with Gasteiger partial charge in [-0.1, -0.05) is 17.7 Å². The fourth-order valence-electron chi connectivity index (χ4n) is 2.95. The quantitative estimate of drug-likeness (QED) is 0.569. The van der Waals surface area contributed by atoms with E-state index < -0.39 is 5.97 Å². The Morgan fingerprint density at radius 3 is 2.64 bits per heavy atom. The van der Waals surface area contributed by atoms with Gasteiger partial charge in [0.1, 0.15) is 10.8 Å². The number of carbonyl (C=O) groups is 2. The fraction of sp³-hybridized carbons (Fsp3) is 0.368. The number of esters is 1. The summed E-state index contributed by atoms with van der Waals surface area (Å²) in [5, 5.41) is 0.462. The molecule has 5 nitrogen and oxygen atoms in total. The molecule has 25 heavy (non-hydrogen) atoms. The average Bonchev–Trinajstić information content (AvgIpc) is 3.35. The number of ether oxygens (including phenoxy) is 2. The van der Waals surface area contributed by atoms with Crippen LogP contribution in [0.2, 0.25) is 5.02 Å². The normalized spacial score (nSPS) is 13.6. The maximum Gasteiger partial charge on any atom is 0.340 e. The van der Waals surface area contributed by atoms with Crippen LogP contribution in [0.15, 0.2) is 18.2 Å². The lowest BCUT2D eigenvalue weighted by Gasteiger charge is -2.15. The van der Waals surface area contributed by atoms with Crippen LogP contribution in [-0.4, -0.2) is 29.5 Å². The lowest BCUT2D eigenvalue weighted by atomic mass is 10.1. The molecule has 0 amide bonds. The van der Waals surface area contributed by atoms with Crippen LogP contribution < -0.4 is 4.74 Å². The summed E-state index contributed by atoms with van der Waals surface area (Å²) >= 11 is 6.55. The molecule has 0 aliphatic heterocycles. The number of benzene rings is 1. The second-order valence-corrected chi connectivity index (χ2v) is 6.42. The van der Waals surface area contributed by atoms with Crippen LogP contribution >= 0.6 is 11.6 Å². The number of nitrogens with zero attached hydrogens (tertiary/aromatic N) is 1. The number of aromatic nitrogens is 1. The maximum atomic E-state index is 12.3. The molecule has 1 aromatic carbocycles. The van der Waals surface area contributed by atoms with E-state index in [0.717, 1.165) is 12.8 Å². The van der Waals surface area contributed by atoms with Gasteiger partial charge in [-0.2, -0.15) is 0 Å². The number of halogens is 1. The molecule has 0 unspecified atom stereocenters. The van der Waals surface area contributed by atoms with E-state index in [0.29, 0.717) is 39.7 Å². The Morgan fingerprint density at radius 2 is 2.04 bits per heavy atom. The summed E-state index contributed by atoms with van der Waals surface area (Å²) in [5.41, 5.74) is 2.53. The average molecular weight is 362 g/mol. The van der Waals surface area contributed by atoms with Crippen molar-refractivity contribution in [1.29, 1.82) is 0 Å². The first-order chi connectivity index (χ1) is 12.0. The Kier molecular flexibility index (Phi) is 4.86. The summed E-state index contributed by atoms with van der Waals surface area (Å²) in [4.78, 5) is 23.9. The molecule has 3 rings (SSSR count). The third-order valence-corrected chi connectivity index (χ3v) is 4.67. The van der Waals surface area contributed by atoms with Crippen molar-refractivity contribution in [3.63, 3.8) is 0 Å². The maximum absolute atomic E-state index is 12.3. The van der Waals surface area contributed by atoms with Gasteiger partial charge in [0.2, 0.25) is 0 Å². The summed E-state index contributed by atoms with van der Waals surface area (Å²) in [6.07, 6.45) is 2.97. The third kappa shape index (κ3) is 3.16. The molecule has 132 valence electrons. The zero-order valence-electron chi connectivity index (χ0n) is 14.5. The highest BCUT2D eigenvalue weighted by Crippen LogP contribution is 2.37. The predicted molar refractivity (Wildman–Crippen MR) is 95.2 cm³/mol. The zero-order valence-corrected chi connectivity index (χ0v) is 15.2. The van der Waals surface area contributed by atoms with E-state index >= 15 is 0 Å².